The molecule has 1 saturated carbocycles. The fourth-order valence-electron chi connectivity index (χ4n) is 5.25. The molecule has 1 saturated heterocycles. The van der Waals surface area contributed by atoms with Crippen LogP contribution in [0.15, 0.2) is 40.0 Å². The summed E-state index contributed by atoms with van der Waals surface area (Å²) in [6.07, 6.45) is 7.84. The molecule has 7 nitrogen and oxygen atoms in total. The highest BCUT2D eigenvalue weighted by Gasteiger charge is 2.38. The van der Waals surface area contributed by atoms with Gasteiger partial charge in [-0.3, -0.25) is 19.8 Å². The van der Waals surface area contributed by atoms with E-state index in [0.717, 1.165) is 58.2 Å². The van der Waals surface area contributed by atoms with Crippen LogP contribution in [0.4, 0.5) is 0 Å². The van der Waals surface area contributed by atoms with Crippen molar-refractivity contribution in [2.45, 2.75) is 88.1 Å². The number of imide groups is 1. The Bertz CT molecular complexity index is 948. The Morgan fingerprint density at radius 2 is 1.71 bits per heavy atom. The first-order chi connectivity index (χ1) is 17.0. The van der Waals surface area contributed by atoms with Gasteiger partial charge in [0.05, 0.1) is 0 Å². The highest BCUT2D eigenvalue weighted by molar-refractivity contribution is 7.99. The molecule has 1 aliphatic heterocycles. The molecule has 0 spiro atoms. The van der Waals surface area contributed by atoms with E-state index < -0.39 is 5.92 Å². The fourth-order valence-corrected chi connectivity index (χ4v) is 5.88. The summed E-state index contributed by atoms with van der Waals surface area (Å²) in [4.78, 5) is 28.9. The molecule has 35 heavy (non-hydrogen) atoms. The standard InChI is InChI=1S/C27H38N4O3S/c1-19(2)35-27-30-29-26(34-27)23(25(33)28-24(32)22-12-8-3-4-9-13-22)21-14-16-31(17-15-21)18-20-10-6-5-7-11-20/h5-7,10-11,19,21-23H,3-4,8-9,12-18H2,1-2H3,(H,28,32,33). The van der Waals surface area contributed by atoms with Gasteiger partial charge >= 0.3 is 0 Å². The van der Waals surface area contributed by atoms with Crippen molar-refractivity contribution in [1.29, 1.82) is 0 Å². The lowest BCUT2D eigenvalue weighted by atomic mass is 9.83. The molecule has 1 N–H and O–H groups in total. The van der Waals surface area contributed by atoms with Gasteiger partial charge in [-0.2, -0.15) is 0 Å². The molecule has 2 amide bonds. The highest BCUT2D eigenvalue weighted by Crippen LogP contribution is 2.35. The smallest absolute Gasteiger partial charge is 0.276 e. The number of rotatable bonds is 8. The van der Waals surface area contributed by atoms with Gasteiger partial charge in [0.1, 0.15) is 5.92 Å². The molecule has 190 valence electrons. The maximum Gasteiger partial charge on any atom is 0.276 e. The van der Waals surface area contributed by atoms with Crippen LogP contribution in [-0.4, -0.2) is 45.3 Å². The highest BCUT2D eigenvalue weighted by atomic mass is 32.2. The topological polar surface area (TPSA) is 88.3 Å². The van der Waals surface area contributed by atoms with Crippen LogP contribution >= 0.6 is 11.8 Å². The van der Waals surface area contributed by atoms with Crippen LogP contribution in [0.5, 0.6) is 0 Å². The molecule has 1 unspecified atom stereocenters. The van der Waals surface area contributed by atoms with Gasteiger partial charge in [-0.15, -0.1) is 10.2 Å². The summed E-state index contributed by atoms with van der Waals surface area (Å²) in [5, 5.41) is 12.0. The predicted octanol–water partition coefficient (Wildman–Crippen LogP) is 5.18. The monoisotopic (exact) mass is 498 g/mol. The number of nitrogens with zero attached hydrogens (tertiary/aromatic N) is 3. The second-order valence-corrected chi connectivity index (χ2v) is 11.7. The molecule has 2 heterocycles. The summed E-state index contributed by atoms with van der Waals surface area (Å²) in [7, 11) is 0. The molecular formula is C27H38N4O3S. The quantitative estimate of drug-likeness (QED) is 0.396. The minimum Gasteiger partial charge on any atom is -0.415 e. The number of carbonyl (C=O) groups excluding carboxylic acids is 2. The van der Waals surface area contributed by atoms with Gasteiger partial charge in [0.2, 0.25) is 17.7 Å². The van der Waals surface area contributed by atoms with Crippen molar-refractivity contribution in [2.24, 2.45) is 11.8 Å². The Hall–Kier alpha value is -2.19. The molecule has 2 aliphatic rings. The van der Waals surface area contributed by atoms with E-state index in [1.165, 1.54) is 30.2 Å². The van der Waals surface area contributed by atoms with Gasteiger partial charge in [-0.25, -0.2) is 0 Å². The van der Waals surface area contributed by atoms with Crippen molar-refractivity contribution < 1.29 is 14.0 Å². The van der Waals surface area contributed by atoms with E-state index in [0.29, 0.717) is 16.4 Å². The first-order valence-corrected chi connectivity index (χ1v) is 14.0. The van der Waals surface area contributed by atoms with Gasteiger partial charge in [0.15, 0.2) is 0 Å². The van der Waals surface area contributed by atoms with Gasteiger partial charge < -0.3 is 4.42 Å². The van der Waals surface area contributed by atoms with E-state index >= 15 is 0 Å². The number of likely N-dealkylation sites (tertiary alicyclic amines) is 1. The molecule has 1 aliphatic carbocycles. The number of thioether (sulfide) groups is 1. The van der Waals surface area contributed by atoms with Crippen molar-refractivity contribution in [2.75, 3.05) is 13.1 Å². The molecule has 0 radical (unpaired) electrons. The van der Waals surface area contributed by atoms with Crippen molar-refractivity contribution in [3.8, 4) is 0 Å². The molecule has 2 aromatic rings. The van der Waals surface area contributed by atoms with Crippen LogP contribution in [0.2, 0.25) is 0 Å². The molecule has 1 aromatic carbocycles. The lowest BCUT2D eigenvalue weighted by molar-refractivity contribution is -0.135. The van der Waals surface area contributed by atoms with Crippen LogP contribution in [0.1, 0.15) is 82.6 Å². The number of aromatic nitrogens is 2. The Balaban J connectivity index is 1.44. The molecule has 4 rings (SSSR count). The maximum atomic E-state index is 13.5. The van der Waals surface area contributed by atoms with Crippen LogP contribution in [0.3, 0.4) is 0 Å². The molecule has 2 fully saturated rings. The molecule has 8 heteroatoms. The Kier molecular flexibility index (Phi) is 9.38. The van der Waals surface area contributed by atoms with E-state index in [4.69, 9.17) is 4.42 Å². The lowest BCUT2D eigenvalue weighted by Crippen LogP contribution is -2.43. The third-order valence-electron chi connectivity index (χ3n) is 7.13. The van der Waals surface area contributed by atoms with Gasteiger partial charge in [-0.05, 0) is 50.3 Å². The summed E-state index contributed by atoms with van der Waals surface area (Å²) in [6, 6.07) is 10.5. The Labute approximate surface area is 212 Å². The van der Waals surface area contributed by atoms with Gasteiger partial charge in [0.25, 0.3) is 5.22 Å². The fraction of sp³-hybridized carbons (Fsp3) is 0.630. The third kappa shape index (κ3) is 7.40. The minimum atomic E-state index is -0.599. The number of carbonyl (C=O) groups is 2. The van der Waals surface area contributed by atoms with E-state index in [9.17, 15) is 9.59 Å². The van der Waals surface area contributed by atoms with Gasteiger partial charge in [-0.1, -0.05) is 81.6 Å². The van der Waals surface area contributed by atoms with E-state index in [1.54, 1.807) is 0 Å². The van der Waals surface area contributed by atoms with Crippen molar-refractivity contribution >= 4 is 23.6 Å². The maximum absolute atomic E-state index is 13.5. The molecule has 0 bridgehead atoms. The summed E-state index contributed by atoms with van der Waals surface area (Å²) >= 11 is 1.49. The molecule has 1 atom stereocenters. The summed E-state index contributed by atoms with van der Waals surface area (Å²) in [5.74, 6) is -0.713. The first kappa shape index (κ1) is 25.9. The van der Waals surface area contributed by atoms with Crippen LogP contribution in [0.25, 0.3) is 0 Å². The first-order valence-electron chi connectivity index (χ1n) is 13.1. The Morgan fingerprint density at radius 3 is 2.37 bits per heavy atom. The summed E-state index contributed by atoms with van der Waals surface area (Å²) in [5.41, 5.74) is 1.29. The average Bonchev–Trinajstić information content (AvgIpc) is 3.11. The number of nitrogens with one attached hydrogen (secondary N) is 1. The van der Waals surface area contributed by atoms with E-state index in [-0.39, 0.29) is 23.7 Å². The van der Waals surface area contributed by atoms with Crippen molar-refractivity contribution in [3.63, 3.8) is 0 Å². The van der Waals surface area contributed by atoms with E-state index in [1.807, 2.05) is 6.07 Å². The predicted molar refractivity (Wildman–Crippen MR) is 137 cm³/mol. The third-order valence-corrected chi connectivity index (χ3v) is 7.97. The zero-order valence-corrected chi connectivity index (χ0v) is 21.8. The molecule has 1 aromatic heterocycles. The van der Waals surface area contributed by atoms with Crippen molar-refractivity contribution in [3.05, 3.63) is 41.8 Å². The largest absolute Gasteiger partial charge is 0.415 e. The average molecular weight is 499 g/mol. The second kappa shape index (κ2) is 12.7. The van der Waals surface area contributed by atoms with Crippen LogP contribution in [-0.2, 0) is 16.1 Å². The number of amides is 2. The number of piperidine rings is 1. The van der Waals surface area contributed by atoms with E-state index in [2.05, 4.69) is 58.5 Å². The summed E-state index contributed by atoms with van der Waals surface area (Å²) in [6.45, 7) is 6.81. The SMILES string of the molecule is CC(C)Sc1nnc(C(C(=O)NC(=O)C2CCCCCC2)C2CCN(Cc3ccccc3)CC2)o1. The van der Waals surface area contributed by atoms with Crippen molar-refractivity contribution in [1.82, 2.24) is 20.4 Å². The minimum absolute atomic E-state index is 0.0568. The number of hydrogen-bond donors (Lipinski definition) is 1. The lowest BCUT2D eigenvalue weighted by Gasteiger charge is -2.34. The number of hydrogen-bond acceptors (Lipinski definition) is 7. The van der Waals surface area contributed by atoms with Gasteiger partial charge in [0, 0.05) is 17.7 Å². The van der Waals surface area contributed by atoms with Crippen LogP contribution in [0, 0.1) is 11.8 Å². The normalized spacial score (nSPS) is 19.4. The number of benzene rings is 1. The zero-order valence-electron chi connectivity index (χ0n) is 20.9. The van der Waals surface area contributed by atoms with Crippen LogP contribution < -0.4 is 5.32 Å². The Morgan fingerprint density at radius 1 is 1.03 bits per heavy atom. The second-order valence-electron chi connectivity index (χ2n) is 10.2. The summed E-state index contributed by atoms with van der Waals surface area (Å²) < 4.78 is 5.96. The molecular weight excluding hydrogens is 460 g/mol. The zero-order chi connectivity index (χ0) is 24.6.